The Morgan fingerprint density at radius 2 is 2.08 bits per heavy atom. The maximum absolute atomic E-state index is 11.2. The molecule has 1 heterocycles. The van der Waals surface area contributed by atoms with Gasteiger partial charge in [0.05, 0.1) is 5.56 Å². The largest absolute Gasteiger partial charge is 0.439 e. The van der Waals surface area contributed by atoms with Crippen LogP contribution in [0.15, 0.2) is 24.3 Å². The van der Waals surface area contributed by atoms with Gasteiger partial charge < -0.3 is 10.9 Å². The number of quaternary nitrogens is 1. The van der Waals surface area contributed by atoms with Crippen molar-refractivity contribution in [2.75, 3.05) is 7.05 Å². The molecule has 1 aliphatic heterocycles. The van der Waals surface area contributed by atoms with Crippen LogP contribution in [0.5, 0.6) is 0 Å². The number of ether oxygens (including phenoxy) is 1. The Morgan fingerprint density at radius 3 is 2.77 bits per heavy atom. The number of benzene rings is 1. The second-order valence-electron chi connectivity index (χ2n) is 2.66. The number of cyclic esters (lactones) is 1. The fourth-order valence-electron chi connectivity index (χ4n) is 1.36. The highest BCUT2D eigenvalue weighted by molar-refractivity contribution is 5.93. The molecule has 1 aromatic rings. The van der Waals surface area contributed by atoms with Crippen molar-refractivity contribution >= 4 is 5.97 Å². The lowest BCUT2D eigenvalue weighted by molar-refractivity contribution is 0.0328. The molecule has 0 fully saturated rings. The van der Waals surface area contributed by atoms with Crippen molar-refractivity contribution in [3.63, 3.8) is 0 Å². The zero-order valence-corrected chi connectivity index (χ0v) is 7.70. The number of esters is 1. The normalized spacial score (nSPS) is 18.8. The third-order valence-electron chi connectivity index (χ3n) is 1.95. The van der Waals surface area contributed by atoms with E-state index in [2.05, 4.69) is 5.32 Å². The topological polar surface area (TPSA) is 74.8 Å². The molecule has 13 heavy (non-hydrogen) atoms. The average Bonchev–Trinajstić information content (AvgIpc) is 2.44. The van der Waals surface area contributed by atoms with E-state index < -0.39 is 0 Å². The summed E-state index contributed by atoms with van der Waals surface area (Å²) in [6, 6.07) is 7.39. The number of rotatable bonds is 1. The van der Waals surface area contributed by atoms with Gasteiger partial charge in [0.25, 0.3) is 0 Å². The van der Waals surface area contributed by atoms with Crippen LogP contribution >= 0.6 is 0 Å². The second-order valence-corrected chi connectivity index (χ2v) is 2.66. The van der Waals surface area contributed by atoms with Crippen molar-refractivity contribution in [1.82, 2.24) is 11.5 Å². The van der Waals surface area contributed by atoms with Crippen LogP contribution in [-0.4, -0.2) is 13.0 Å². The summed E-state index contributed by atoms with van der Waals surface area (Å²) < 4.78 is 5.03. The van der Waals surface area contributed by atoms with E-state index in [4.69, 9.17) is 4.74 Å². The van der Waals surface area contributed by atoms with Gasteiger partial charge >= 0.3 is 5.97 Å². The number of carbonyl (C=O) groups is 1. The molecule has 0 aliphatic carbocycles. The van der Waals surface area contributed by atoms with Gasteiger partial charge in [0.1, 0.15) is 0 Å². The quantitative estimate of drug-likeness (QED) is 0.644. The van der Waals surface area contributed by atoms with E-state index in [1.165, 1.54) is 0 Å². The molecule has 5 N–H and O–H groups in total. The zero-order chi connectivity index (χ0) is 8.55. The lowest BCUT2D eigenvalue weighted by Gasteiger charge is -2.07. The molecule has 4 nitrogen and oxygen atoms in total. The first-order valence-corrected chi connectivity index (χ1v) is 3.80. The molecule has 70 valence electrons. The Balaban J connectivity index is 0.000000845. The maximum atomic E-state index is 11.2. The van der Waals surface area contributed by atoms with Crippen molar-refractivity contribution in [3.05, 3.63) is 35.4 Å². The van der Waals surface area contributed by atoms with Crippen LogP contribution < -0.4 is 11.5 Å². The van der Waals surface area contributed by atoms with Gasteiger partial charge in [-0.2, -0.15) is 0 Å². The highest BCUT2D eigenvalue weighted by atomic mass is 16.6. The van der Waals surface area contributed by atoms with Crippen molar-refractivity contribution < 1.29 is 9.53 Å². The first kappa shape index (κ1) is 9.70. The summed E-state index contributed by atoms with van der Waals surface area (Å²) in [7, 11) is 1.76. The van der Waals surface area contributed by atoms with Gasteiger partial charge in [-0.25, -0.2) is 4.79 Å². The standard InChI is InChI=1S/C9H9NO2.H3N/c1-10-8-6-4-2-3-5-7(6)9(11)12-8;/h2-5,8,10H,1H3;1H3/p+1. The van der Waals surface area contributed by atoms with Crippen LogP contribution in [0.25, 0.3) is 0 Å². The first-order chi connectivity index (χ1) is 5.83. The Morgan fingerprint density at radius 1 is 1.38 bits per heavy atom. The molecule has 0 saturated carbocycles. The first-order valence-electron chi connectivity index (χ1n) is 3.80. The molecule has 0 saturated heterocycles. The minimum absolute atomic E-state index is 0. The molecule has 4 heteroatoms. The Bertz CT molecular complexity index is 325. The molecule has 0 amide bonds. The van der Waals surface area contributed by atoms with Crippen LogP contribution in [0.2, 0.25) is 0 Å². The summed E-state index contributed by atoms with van der Waals surface area (Å²) in [4.78, 5) is 11.2. The SMILES string of the molecule is CNC1OC(=O)c2ccccc21.[NH4+]. The van der Waals surface area contributed by atoms with Crippen LogP contribution in [0.1, 0.15) is 22.1 Å². The van der Waals surface area contributed by atoms with Gasteiger partial charge in [0.15, 0.2) is 6.23 Å². The lowest BCUT2D eigenvalue weighted by Crippen LogP contribution is -2.15. The van der Waals surface area contributed by atoms with Gasteiger partial charge in [-0.1, -0.05) is 18.2 Å². The monoisotopic (exact) mass is 181 g/mol. The molecule has 0 aromatic heterocycles. The Labute approximate surface area is 76.5 Å². The smallest absolute Gasteiger partial charge is 0.340 e. The molecule has 0 radical (unpaired) electrons. The van der Waals surface area contributed by atoms with E-state index in [1.54, 1.807) is 13.1 Å². The van der Waals surface area contributed by atoms with Crippen molar-refractivity contribution in [2.45, 2.75) is 6.23 Å². The number of carbonyl (C=O) groups excluding carboxylic acids is 1. The van der Waals surface area contributed by atoms with Crippen LogP contribution in [0.4, 0.5) is 0 Å². The van der Waals surface area contributed by atoms with Crippen LogP contribution in [-0.2, 0) is 4.74 Å². The fourth-order valence-corrected chi connectivity index (χ4v) is 1.36. The third-order valence-corrected chi connectivity index (χ3v) is 1.95. The molecule has 2 rings (SSSR count). The lowest BCUT2D eigenvalue weighted by atomic mass is 10.1. The highest BCUT2D eigenvalue weighted by Gasteiger charge is 2.28. The Hall–Kier alpha value is -1.39. The number of nitrogens with one attached hydrogen (secondary N) is 1. The molecule has 0 bridgehead atoms. The van der Waals surface area contributed by atoms with Crippen LogP contribution in [0, 0.1) is 0 Å². The maximum Gasteiger partial charge on any atom is 0.340 e. The summed E-state index contributed by atoms with van der Waals surface area (Å²) in [5, 5.41) is 2.91. The van der Waals surface area contributed by atoms with E-state index in [-0.39, 0.29) is 18.3 Å². The van der Waals surface area contributed by atoms with E-state index in [1.807, 2.05) is 18.2 Å². The second kappa shape index (κ2) is 3.55. The van der Waals surface area contributed by atoms with Crippen molar-refractivity contribution in [3.8, 4) is 0 Å². The van der Waals surface area contributed by atoms with Gasteiger partial charge in [-0.3, -0.25) is 5.32 Å². The summed E-state index contributed by atoms with van der Waals surface area (Å²) in [5.41, 5.74) is 1.59. The summed E-state index contributed by atoms with van der Waals surface area (Å²) in [5.74, 6) is -0.245. The third kappa shape index (κ3) is 1.41. The predicted octanol–water partition coefficient (Wildman–Crippen LogP) is 1.45. The molecule has 1 atom stereocenters. The number of fused-ring (bicyclic) bond motifs is 1. The molecular formula is C9H13N2O2+. The summed E-state index contributed by atoms with van der Waals surface area (Å²) in [6.07, 6.45) is -0.270. The number of hydrogen-bond acceptors (Lipinski definition) is 3. The van der Waals surface area contributed by atoms with Gasteiger partial charge in [-0.15, -0.1) is 0 Å². The highest BCUT2D eigenvalue weighted by Crippen LogP contribution is 2.27. The van der Waals surface area contributed by atoms with Crippen LogP contribution in [0.3, 0.4) is 0 Å². The fraction of sp³-hybridized carbons (Fsp3) is 0.222. The van der Waals surface area contributed by atoms with E-state index in [0.717, 1.165) is 5.56 Å². The van der Waals surface area contributed by atoms with Gasteiger partial charge in [0, 0.05) is 5.56 Å². The van der Waals surface area contributed by atoms with E-state index >= 15 is 0 Å². The van der Waals surface area contributed by atoms with E-state index in [9.17, 15) is 4.79 Å². The van der Waals surface area contributed by atoms with Gasteiger partial charge in [0.2, 0.25) is 0 Å². The molecule has 1 unspecified atom stereocenters. The predicted molar refractivity (Wildman–Crippen MR) is 49.6 cm³/mol. The average molecular weight is 181 g/mol. The number of hydrogen-bond donors (Lipinski definition) is 2. The summed E-state index contributed by atoms with van der Waals surface area (Å²) >= 11 is 0. The summed E-state index contributed by atoms with van der Waals surface area (Å²) in [6.45, 7) is 0. The van der Waals surface area contributed by atoms with Crippen molar-refractivity contribution in [2.24, 2.45) is 0 Å². The Kier molecular flexibility index (Phi) is 2.65. The van der Waals surface area contributed by atoms with Crippen molar-refractivity contribution in [1.29, 1.82) is 0 Å². The minimum atomic E-state index is -0.270. The van der Waals surface area contributed by atoms with E-state index in [0.29, 0.717) is 5.56 Å². The molecule has 0 spiro atoms. The van der Waals surface area contributed by atoms with Gasteiger partial charge in [-0.05, 0) is 13.1 Å². The molecule has 1 aliphatic rings. The zero-order valence-electron chi connectivity index (χ0n) is 7.70. The molecular weight excluding hydrogens is 168 g/mol. The minimum Gasteiger partial charge on any atom is -0.439 e. The molecule has 1 aromatic carbocycles.